The van der Waals surface area contributed by atoms with Crippen LogP contribution in [0.1, 0.15) is 21.0 Å². The Balaban J connectivity index is 1.47. The standard InChI is InChI=1S/C24H22N4O5S/c29-22(26-17-8-9-20-16(12-17)13-21(34-20)23(30)28-32)19(11-15-5-2-1-3-6-15)27-24(31)25-14-18-7-4-10-33-18/h1-10,12-13,19,32H,11,14H2,(H,26,29)(H,28,30)(H2,25,27,31)/t19-/m0/s1. The number of hydrogen-bond donors (Lipinski definition) is 5. The first kappa shape index (κ1) is 23.0. The van der Waals surface area contributed by atoms with E-state index in [1.807, 2.05) is 30.3 Å². The Kier molecular flexibility index (Phi) is 7.21. The van der Waals surface area contributed by atoms with Crippen LogP contribution >= 0.6 is 11.3 Å². The van der Waals surface area contributed by atoms with Crippen LogP contribution in [0.3, 0.4) is 0 Å². The van der Waals surface area contributed by atoms with Crippen molar-refractivity contribution in [3.63, 3.8) is 0 Å². The van der Waals surface area contributed by atoms with Gasteiger partial charge in [0.1, 0.15) is 11.8 Å². The van der Waals surface area contributed by atoms with E-state index in [0.717, 1.165) is 15.6 Å². The Bertz CT molecular complexity index is 1290. The Hall–Kier alpha value is -4.15. The summed E-state index contributed by atoms with van der Waals surface area (Å²) in [5.74, 6) is -0.392. The van der Waals surface area contributed by atoms with Gasteiger partial charge in [0.25, 0.3) is 5.91 Å². The molecular weight excluding hydrogens is 456 g/mol. The number of anilines is 1. The molecule has 5 N–H and O–H groups in total. The van der Waals surface area contributed by atoms with Gasteiger partial charge < -0.3 is 20.4 Å². The van der Waals surface area contributed by atoms with Crippen molar-refractivity contribution in [1.82, 2.24) is 16.1 Å². The number of benzene rings is 2. The molecule has 174 valence electrons. The fourth-order valence-electron chi connectivity index (χ4n) is 3.37. The smallest absolute Gasteiger partial charge is 0.315 e. The summed E-state index contributed by atoms with van der Waals surface area (Å²) >= 11 is 1.22. The summed E-state index contributed by atoms with van der Waals surface area (Å²) in [6.45, 7) is 0.192. The molecule has 0 aliphatic rings. The highest BCUT2D eigenvalue weighted by atomic mass is 32.1. The molecule has 0 radical (unpaired) electrons. The number of furan rings is 1. The number of carbonyl (C=O) groups is 3. The number of urea groups is 1. The predicted molar refractivity (Wildman–Crippen MR) is 128 cm³/mol. The second kappa shape index (κ2) is 10.6. The maximum absolute atomic E-state index is 13.1. The zero-order valence-electron chi connectivity index (χ0n) is 17.9. The number of nitrogens with one attached hydrogen (secondary N) is 4. The number of carbonyl (C=O) groups excluding carboxylic acids is 3. The summed E-state index contributed by atoms with van der Waals surface area (Å²) in [4.78, 5) is 37.6. The maximum atomic E-state index is 13.1. The molecule has 0 saturated carbocycles. The van der Waals surface area contributed by atoms with Crippen LogP contribution in [0.4, 0.5) is 10.5 Å². The van der Waals surface area contributed by atoms with Gasteiger partial charge in [0.2, 0.25) is 5.91 Å². The molecule has 9 nitrogen and oxygen atoms in total. The molecule has 34 heavy (non-hydrogen) atoms. The summed E-state index contributed by atoms with van der Waals surface area (Å²) in [7, 11) is 0. The third kappa shape index (κ3) is 5.80. The van der Waals surface area contributed by atoms with Gasteiger partial charge in [0.05, 0.1) is 17.7 Å². The average molecular weight is 479 g/mol. The van der Waals surface area contributed by atoms with E-state index >= 15 is 0 Å². The molecule has 0 aliphatic heterocycles. The lowest BCUT2D eigenvalue weighted by molar-refractivity contribution is -0.117. The van der Waals surface area contributed by atoms with Crippen LogP contribution in [0, 0.1) is 0 Å². The quantitative estimate of drug-likeness (QED) is 0.195. The third-order valence-corrected chi connectivity index (χ3v) is 6.13. The molecule has 0 fully saturated rings. The topological polar surface area (TPSA) is 133 Å². The molecule has 2 heterocycles. The zero-order valence-corrected chi connectivity index (χ0v) is 18.7. The summed E-state index contributed by atoms with van der Waals surface area (Å²) in [6, 6.07) is 18.4. The van der Waals surface area contributed by atoms with Gasteiger partial charge in [-0.25, -0.2) is 10.3 Å². The summed E-state index contributed by atoms with van der Waals surface area (Å²) in [6.07, 6.45) is 1.81. The fourth-order valence-corrected chi connectivity index (χ4v) is 4.30. The minimum Gasteiger partial charge on any atom is -0.467 e. The molecule has 4 aromatic rings. The summed E-state index contributed by atoms with van der Waals surface area (Å²) in [5, 5.41) is 17.8. The SMILES string of the molecule is O=C(NCc1ccco1)N[C@@H](Cc1ccccc1)C(=O)Nc1ccc2sc(C(=O)NO)cc2c1. The largest absolute Gasteiger partial charge is 0.467 e. The molecule has 0 unspecified atom stereocenters. The van der Waals surface area contributed by atoms with E-state index in [2.05, 4.69) is 16.0 Å². The lowest BCUT2D eigenvalue weighted by Crippen LogP contribution is -2.48. The minimum absolute atomic E-state index is 0.192. The fraction of sp³-hybridized carbons (Fsp3) is 0.125. The van der Waals surface area contributed by atoms with Gasteiger partial charge in [-0.1, -0.05) is 30.3 Å². The molecule has 0 aliphatic carbocycles. The van der Waals surface area contributed by atoms with Crippen molar-refractivity contribution < 1.29 is 24.0 Å². The van der Waals surface area contributed by atoms with Crippen LogP contribution in [-0.2, 0) is 17.8 Å². The minimum atomic E-state index is -0.840. The van der Waals surface area contributed by atoms with Crippen LogP contribution in [0.25, 0.3) is 10.1 Å². The van der Waals surface area contributed by atoms with Crippen molar-refractivity contribution in [1.29, 1.82) is 0 Å². The molecule has 2 aromatic carbocycles. The first-order valence-electron chi connectivity index (χ1n) is 10.4. The maximum Gasteiger partial charge on any atom is 0.315 e. The van der Waals surface area contributed by atoms with Crippen molar-refractivity contribution in [2.24, 2.45) is 0 Å². The van der Waals surface area contributed by atoms with Gasteiger partial charge in [-0.15, -0.1) is 11.3 Å². The Morgan fingerprint density at radius 2 is 1.82 bits per heavy atom. The van der Waals surface area contributed by atoms with E-state index in [4.69, 9.17) is 9.62 Å². The van der Waals surface area contributed by atoms with Crippen molar-refractivity contribution in [3.05, 3.63) is 89.2 Å². The number of hydroxylamine groups is 1. The highest BCUT2D eigenvalue weighted by molar-refractivity contribution is 7.20. The van der Waals surface area contributed by atoms with Gasteiger partial charge >= 0.3 is 6.03 Å². The Morgan fingerprint density at radius 1 is 1.00 bits per heavy atom. The normalized spacial score (nSPS) is 11.6. The first-order chi connectivity index (χ1) is 16.5. The molecule has 2 aromatic heterocycles. The van der Waals surface area contributed by atoms with Crippen LogP contribution in [0.15, 0.2) is 77.4 Å². The van der Waals surface area contributed by atoms with Gasteiger partial charge in [-0.05, 0) is 47.3 Å². The van der Waals surface area contributed by atoms with Gasteiger partial charge in [0, 0.05) is 16.8 Å². The number of fused-ring (bicyclic) bond motifs is 1. The monoisotopic (exact) mass is 478 g/mol. The molecule has 4 rings (SSSR count). The second-order valence-corrected chi connectivity index (χ2v) is 8.53. The second-order valence-electron chi connectivity index (χ2n) is 7.44. The van der Waals surface area contributed by atoms with Crippen LogP contribution < -0.4 is 21.4 Å². The molecular formula is C24H22N4O5S. The van der Waals surface area contributed by atoms with Gasteiger partial charge in [-0.3, -0.25) is 14.8 Å². The van der Waals surface area contributed by atoms with Crippen LogP contribution in [0.5, 0.6) is 0 Å². The van der Waals surface area contributed by atoms with E-state index < -0.39 is 18.0 Å². The number of rotatable bonds is 8. The number of hydrogen-bond acceptors (Lipinski definition) is 6. The van der Waals surface area contributed by atoms with E-state index in [0.29, 0.717) is 22.7 Å². The highest BCUT2D eigenvalue weighted by Gasteiger charge is 2.22. The van der Waals surface area contributed by atoms with E-state index in [1.165, 1.54) is 17.6 Å². The van der Waals surface area contributed by atoms with Crippen LogP contribution in [0.2, 0.25) is 0 Å². The predicted octanol–water partition coefficient (Wildman–Crippen LogP) is 3.66. The number of thiophene rings is 1. The Morgan fingerprint density at radius 3 is 2.56 bits per heavy atom. The van der Waals surface area contributed by atoms with Crippen molar-refractivity contribution >= 4 is 45.0 Å². The van der Waals surface area contributed by atoms with Gasteiger partial charge in [0.15, 0.2) is 0 Å². The molecule has 4 amide bonds. The van der Waals surface area contributed by atoms with Crippen LogP contribution in [-0.4, -0.2) is 29.1 Å². The molecule has 0 saturated heterocycles. The summed E-state index contributed by atoms with van der Waals surface area (Å²) < 4.78 is 6.04. The van der Waals surface area contributed by atoms with Gasteiger partial charge in [-0.2, -0.15) is 0 Å². The average Bonchev–Trinajstić information content (AvgIpc) is 3.52. The van der Waals surface area contributed by atoms with E-state index in [9.17, 15) is 14.4 Å². The lowest BCUT2D eigenvalue weighted by Gasteiger charge is -2.19. The van der Waals surface area contributed by atoms with Crippen molar-refractivity contribution in [2.75, 3.05) is 5.32 Å². The van der Waals surface area contributed by atoms with E-state index in [1.54, 1.807) is 41.9 Å². The lowest BCUT2D eigenvalue weighted by atomic mass is 10.1. The molecule has 0 bridgehead atoms. The first-order valence-corrected chi connectivity index (χ1v) is 11.2. The third-order valence-electron chi connectivity index (χ3n) is 5.02. The molecule has 10 heteroatoms. The highest BCUT2D eigenvalue weighted by Crippen LogP contribution is 2.28. The summed E-state index contributed by atoms with van der Waals surface area (Å²) in [5.41, 5.74) is 3.02. The zero-order chi connectivity index (χ0) is 23.9. The molecule has 0 spiro atoms. The van der Waals surface area contributed by atoms with Crippen molar-refractivity contribution in [2.45, 2.75) is 19.0 Å². The van der Waals surface area contributed by atoms with Crippen molar-refractivity contribution in [3.8, 4) is 0 Å². The Labute approximate surface area is 198 Å². The number of amides is 4. The molecule has 1 atom stereocenters. The van der Waals surface area contributed by atoms with E-state index in [-0.39, 0.29) is 12.5 Å².